The lowest BCUT2D eigenvalue weighted by atomic mass is 10.2. The van der Waals surface area contributed by atoms with E-state index in [4.69, 9.17) is 17.3 Å². The Balaban J connectivity index is 1.72. The summed E-state index contributed by atoms with van der Waals surface area (Å²) in [6.07, 6.45) is 1.47. The zero-order chi connectivity index (χ0) is 14.2. The Bertz CT molecular complexity index is 643. The van der Waals surface area contributed by atoms with E-state index in [2.05, 4.69) is 15.5 Å². The van der Waals surface area contributed by atoms with Crippen molar-refractivity contribution in [2.24, 2.45) is 5.73 Å². The molecule has 2 aromatic rings. The number of rotatable bonds is 4. The largest absolute Gasteiger partial charge is 0.324 e. The van der Waals surface area contributed by atoms with Gasteiger partial charge in [-0.2, -0.15) is 0 Å². The first kappa shape index (κ1) is 13.8. The van der Waals surface area contributed by atoms with Gasteiger partial charge in [-0.15, -0.1) is 10.2 Å². The van der Waals surface area contributed by atoms with Gasteiger partial charge in [0.25, 0.3) is 0 Å². The minimum absolute atomic E-state index is 0.155. The fraction of sp³-hybridized carbons (Fsp3) is 0.250. The number of carbonyl (C=O) groups excluding carboxylic acids is 1. The molecule has 1 aromatic carbocycles. The van der Waals surface area contributed by atoms with Gasteiger partial charge >= 0.3 is 0 Å². The van der Waals surface area contributed by atoms with Crippen LogP contribution in [-0.4, -0.2) is 21.6 Å². The number of carbonyl (C=O) groups is 1. The van der Waals surface area contributed by atoms with E-state index in [0.29, 0.717) is 10.7 Å². The number of hydrogen-bond donors (Lipinski definition) is 2. The monoisotopic (exact) mass is 326 g/mol. The number of anilines is 1. The van der Waals surface area contributed by atoms with Crippen molar-refractivity contribution >= 4 is 46.3 Å². The van der Waals surface area contributed by atoms with Crippen LogP contribution in [0.5, 0.6) is 0 Å². The summed E-state index contributed by atoms with van der Waals surface area (Å²) in [5.41, 5.74) is 7.46. The zero-order valence-corrected chi connectivity index (χ0v) is 12.7. The summed E-state index contributed by atoms with van der Waals surface area (Å²) >= 11 is 9.10. The molecule has 104 valence electrons. The number of aromatic nitrogens is 2. The van der Waals surface area contributed by atoms with Crippen LogP contribution in [0.4, 0.5) is 5.69 Å². The summed E-state index contributed by atoms with van der Waals surface area (Å²) in [5, 5.41) is 11.1. The van der Waals surface area contributed by atoms with E-state index < -0.39 is 5.54 Å². The number of halogens is 1. The van der Waals surface area contributed by atoms with Crippen LogP contribution in [0.25, 0.3) is 0 Å². The second kappa shape index (κ2) is 5.33. The van der Waals surface area contributed by atoms with Gasteiger partial charge in [0.05, 0.1) is 10.6 Å². The molecule has 1 fully saturated rings. The van der Waals surface area contributed by atoms with E-state index in [9.17, 15) is 4.79 Å². The van der Waals surface area contributed by atoms with Crippen molar-refractivity contribution in [1.82, 2.24) is 10.2 Å². The fourth-order valence-corrected chi connectivity index (χ4v) is 3.31. The molecule has 1 aromatic heterocycles. The van der Waals surface area contributed by atoms with Gasteiger partial charge in [-0.3, -0.25) is 4.79 Å². The molecule has 1 aliphatic carbocycles. The molecule has 20 heavy (non-hydrogen) atoms. The lowest BCUT2D eigenvalue weighted by Gasteiger charge is -2.11. The van der Waals surface area contributed by atoms with E-state index in [1.54, 1.807) is 17.6 Å². The Morgan fingerprint density at radius 3 is 2.90 bits per heavy atom. The third-order valence-electron chi connectivity index (χ3n) is 2.97. The van der Waals surface area contributed by atoms with Crippen molar-refractivity contribution < 1.29 is 4.79 Å². The Kier molecular flexibility index (Phi) is 3.68. The number of amides is 1. The van der Waals surface area contributed by atoms with Crippen LogP contribution in [0.3, 0.4) is 0 Å². The molecule has 8 heteroatoms. The van der Waals surface area contributed by atoms with Crippen LogP contribution in [-0.2, 0) is 4.79 Å². The van der Waals surface area contributed by atoms with Crippen LogP contribution >= 0.6 is 34.7 Å². The van der Waals surface area contributed by atoms with Gasteiger partial charge in [0.2, 0.25) is 5.91 Å². The maximum Gasteiger partial charge on any atom is 0.244 e. The standard InChI is InChI=1S/C12H11ClN4OS2/c13-8-5-7(16-10(18)12(14)3-4-12)1-2-9(8)20-11-17-15-6-19-11/h1-2,5-6H,3-4,14H2,(H,16,18). The molecular weight excluding hydrogens is 316 g/mol. The van der Waals surface area contributed by atoms with Crippen molar-refractivity contribution in [2.45, 2.75) is 27.6 Å². The van der Waals surface area contributed by atoms with Crippen LogP contribution in [0.15, 0.2) is 32.9 Å². The van der Waals surface area contributed by atoms with Crippen LogP contribution < -0.4 is 11.1 Å². The zero-order valence-electron chi connectivity index (χ0n) is 10.3. The number of hydrogen-bond acceptors (Lipinski definition) is 6. The predicted molar refractivity (Wildman–Crippen MR) is 80.3 cm³/mol. The average Bonchev–Trinajstić information content (AvgIpc) is 2.97. The SMILES string of the molecule is NC1(C(=O)Nc2ccc(Sc3nncs3)c(Cl)c2)CC1. The van der Waals surface area contributed by atoms with Gasteiger partial charge in [-0.1, -0.05) is 34.7 Å². The lowest BCUT2D eigenvalue weighted by molar-refractivity contribution is -0.118. The highest BCUT2D eigenvalue weighted by molar-refractivity contribution is 8.01. The molecule has 0 aliphatic heterocycles. The molecule has 0 saturated heterocycles. The van der Waals surface area contributed by atoms with E-state index in [-0.39, 0.29) is 5.91 Å². The molecule has 1 amide bonds. The minimum atomic E-state index is -0.688. The summed E-state index contributed by atoms with van der Waals surface area (Å²) < 4.78 is 0.822. The minimum Gasteiger partial charge on any atom is -0.324 e. The average molecular weight is 327 g/mol. The maximum absolute atomic E-state index is 11.8. The van der Waals surface area contributed by atoms with Crippen LogP contribution in [0.1, 0.15) is 12.8 Å². The Morgan fingerprint density at radius 1 is 1.50 bits per heavy atom. The highest BCUT2D eigenvalue weighted by atomic mass is 35.5. The van der Waals surface area contributed by atoms with Crippen LogP contribution in [0.2, 0.25) is 5.02 Å². The number of nitrogens with zero attached hydrogens (tertiary/aromatic N) is 2. The highest BCUT2D eigenvalue weighted by Crippen LogP contribution is 2.36. The summed E-state index contributed by atoms with van der Waals surface area (Å²) in [5.74, 6) is -0.155. The highest BCUT2D eigenvalue weighted by Gasteiger charge is 2.45. The van der Waals surface area contributed by atoms with Gasteiger partial charge in [-0.05, 0) is 31.0 Å². The Morgan fingerprint density at radius 2 is 2.30 bits per heavy atom. The number of nitrogens with two attached hydrogens (primary N) is 1. The third kappa shape index (κ3) is 2.95. The normalized spacial score (nSPS) is 15.9. The summed E-state index contributed by atoms with van der Waals surface area (Å²) in [7, 11) is 0. The first-order valence-corrected chi connectivity index (χ1v) is 7.98. The molecule has 1 aliphatic rings. The molecule has 3 N–H and O–H groups in total. The first-order chi connectivity index (χ1) is 9.57. The first-order valence-electron chi connectivity index (χ1n) is 5.91. The summed E-state index contributed by atoms with van der Waals surface area (Å²) in [6, 6.07) is 5.37. The van der Waals surface area contributed by atoms with E-state index in [1.807, 2.05) is 6.07 Å². The maximum atomic E-state index is 11.8. The van der Waals surface area contributed by atoms with E-state index >= 15 is 0 Å². The van der Waals surface area contributed by atoms with Gasteiger partial charge in [0.15, 0.2) is 4.34 Å². The van der Waals surface area contributed by atoms with E-state index in [0.717, 1.165) is 22.1 Å². The third-order valence-corrected chi connectivity index (χ3v) is 5.25. The molecule has 0 spiro atoms. The molecule has 1 saturated carbocycles. The molecule has 0 unspecified atom stereocenters. The number of nitrogens with one attached hydrogen (secondary N) is 1. The van der Waals surface area contributed by atoms with Gasteiger partial charge in [0, 0.05) is 10.6 Å². The molecule has 3 rings (SSSR count). The van der Waals surface area contributed by atoms with Gasteiger partial charge in [-0.25, -0.2) is 0 Å². The van der Waals surface area contributed by atoms with Crippen LogP contribution in [0, 0.1) is 0 Å². The molecule has 5 nitrogen and oxygen atoms in total. The van der Waals surface area contributed by atoms with Crippen molar-refractivity contribution in [2.75, 3.05) is 5.32 Å². The predicted octanol–water partition coefficient (Wildman–Crippen LogP) is 2.77. The topological polar surface area (TPSA) is 80.9 Å². The second-order valence-corrected chi connectivity index (χ2v) is 7.09. The molecular formula is C12H11ClN4OS2. The fourth-order valence-electron chi connectivity index (χ4n) is 1.58. The molecule has 1 heterocycles. The van der Waals surface area contributed by atoms with E-state index in [1.165, 1.54) is 23.1 Å². The summed E-state index contributed by atoms with van der Waals surface area (Å²) in [4.78, 5) is 12.7. The molecule has 0 bridgehead atoms. The lowest BCUT2D eigenvalue weighted by Crippen LogP contribution is -2.37. The van der Waals surface area contributed by atoms with Gasteiger partial charge in [0.1, 0.15) is 5.51 Å². The second-order valence-electron chi connectivity index (χ2n) is 4.56. The van der Waals surface area contributed by atoms with Crippen molar-refractivity contribution in [3.63, 3.8) is 0 Å². The van der Waals surface area contributed by atoms with Crippen molar-refractivity contribution in [1.29, 1.82) is 0 Å². The Hall–Kier alpha value is -1.15. The summed E-state index contributed by atoms with van der Waals surface area (Å²) in [6.45, 7) is 0. The smallest absolute Gasteiger partial charge is 0.244 e. The molecule has 0 radical (unpaired) electrons. The Labute approximate surface area is 128 Å². The number of benzene rings is 1. The quantitative estimate of drug-likeness (QED) is 0.903. The van der Waals surface area contributed by atoms with Crippen molar-refractivity contribution in [3.8, 4) is 0 Å². The van der Waals surface area contributed by atoms with Gasteiger partial charge < -0.3 is 11.1 Å². The molecule has 0 atom stereocenters. The van der Waals surface area contributed by atoms with Crippen molar-refractivity contribution in [3.05, 3.63) is 28.7 Å².